The van der Waals surface area contributed by atoms with Crippen LogP contribution in [0.5, 0.6) is 0 Å². The fraction of sp³-hybridized carbons (Fsp3) is 0.524. The first kappa shape index (κ1) is 15.8. The van der Waals surface area contributed by atoms with Gasteiger partial charge in [0, 0.05) is 24.6 Å². The Morgan fingerprint density at radius 2 is 2.22 bits per heavy atom. The van der Waals surface area contributed by atoms with Crippen LogP contribution in [0, 0.1) is 11.3 Å². The fourth-order valence-electron chi connectivity index (χ4n) is 7.14. The highest BCUT2D eigenvalue weighted by molar-refractivity contribution is 5.99. The van der Waals surface area contributed by atoms with Crippen LogP contribution in [0.4, 0.5) is 5.69 Å². The summed E-state index contributed by atoms with van der Waals surface area (Å²) < 4.78 is 11.9. The Bertz CT molecular complexity index is 929. The van der Waals surface area contributed by atoms with Crippen molar-refractivity contribution in [3.63, 3.8) is 0 Å². The first-order valence-corrected chi connectivity index (χ1v) is 9.60. The van der Waals surface area contributed by atoms with Crippen LogP contribution in [-0.4, -0.2) is 48.8 Å². The van der Waals surface area contributed by atoms with E-state index in [9.17, 15) is 9.59 Å². The lowest BCUT2D eigenvalue weighted by Crippen LogP contribution is -2.78. The molecule has 5 aliphatic rings. The molecule has 6 nitrogen and oxygen atoms in total. The third kappa shape index (κ3) is 1.32. The summed E-state index contributed by atoms with van der Waals surface area (Å²) in [6.07, 6.45) is 4.18. The third-order valence-corrected chi connectivity index (χ3v) is 7.99. The zero-order chi connectivity index (χ0) is 18.6. The smallest absolute Gasteiger partial charge is 0.320 e. The first-order valence-electron chi connectivity index (χ1n) is 9.60. The maximum absolute atomic E-state index is 13.4. The molecule has 0 radical (unpaired) electrons. The molecule has 1 saturated carbocycles. The van der Waals surface area contributed by atoms with Crippen LogP contribution < -0.4 is 5.32 Å². The molecule has 4 bridgehead atoms. The van der Waals surface area contributed by atoms with Gasteiger partial charge in [0.05, 0.1) is 18.6 Å². The van der Waals surface area contributed by atoms with Crippen molar-refractivity contribution in [1.29, 1.82) is 0 Å². The number of anilines is 1. The summed E-state index contributed by atoms with van der Waals surface area (Å²) in [6.45, 7) is 2.73. The van der Waals surface area contributed by atoms with Crippen molar-refractivity contribution in [2.75, 3.05) is 19.0 Å². The van der Waals surface area contributed by atoms with Crippen LogP contribution in [-0.2, 0) is 24.5 Å². The Morgan fingerprint density at radius 1 is 1.41 bits per heavy atom. The minimum absolute atomic E-state index is 0.101. The first-order chi connectivity index (χ1) is 13.1. The Labute approximate surface area is 157 Å². The molecule has 1 aromatic rings. The van der Waals surface area contributed by atoms with E-state index in [1.165, 1.54) is 7.11 Å². The lowest BCUT2D eigenvalue weighted by Gasteiger charge is -2.63. The maximum Gasteiger partial charge on any atom is 0.320 e. The molecule has 1 aliphatic carbocycles. The van der Waals surface area contributed by atoms with Crippen molar-refractivity contribution in [3.8, 4) is 0 Å². The summed E-state index contributed by atoms with van der Waals surface area (Å²) in [4.78, 5) is 28.7. The number of carbonyl (C=O) groups is 2. The molecule has 1 N–H and O–H groups in total. The van der Waals surface area contributed by atoms with Gasteiger partial charge in [-0.05, 0) is 25.0 Å². The second-order valence-electron chi connectivity index (χ2n) is 8.41. The van der Waals surface area contributed by atoms with E-state index < -0.39 is 22.5 Å². The Kier molecular flexibility index (Phi) is 2.71. The molecule has 1 aromatic carbocycles. The van der Waals surface area contributed by atoms with Crippen LogP contribution >= 0.6 is 0 Å². The molecule has 1 unspecified atom stereocenters. The number of nitrogens with one attached hydrogen (secondary N) is 1. The highest BCUT2D eigenvalue weighted by atomic mass is 16.6. The molecule has 4 fully saturated rings. The average Bonchev–Trinajstić information content (AvgIpc) is 3.30. The molecule has 0 aromatic heterocycles. The monoisotopic (exact) mass is 366 g/mol. The number of allylic oxidation sites excluding steroid dienone is 1. The summed E-state index contributed by atoms with van der Waals surface area (Å²) in [5.41, 5.74) is 0.303. The standard InChI is InChI=1S/C21H22N2O4/c1-3-12-10-23-16-8-14(12)19(11-24,18(25)26-2)20-9-17(23)27-21(16,20)22-15-7-5-4-6-13(15)20/h3-7,11,14,16-17,22H,8-10H2,1-2H3/b12-3+/t14-,16?,17-,19-,20-,21-/m0/s1. The van der Waals surface area contributed by atoms with Crippen molar-refractivity contribution in [2.24, 2.45) is 11.3 Å². The zero-order valence-electron chi connectivity index (χ0n) is 15.4. The lowest BCUT2D eigenvalue weighted by molar-refractivity contribution is -0.182. The number of carbonyl (C=O) groups excluding carboxylic acids is 2. The van der Waals surface area contributed by atoms with Gasteiger partial charge in [-0.1, -0.05) is 29.8 Å². The van der Waals surface area contributed by atoms with Crippen molar-refractivity contribution >= 4 is 17.9 Å². The number of hydrogen-bond donors (Lipinski definition) is 1. The van der Waals surface area contributed by atoms with Gasteiger partial charge in [-0.15, -0.1) is 0 Å². The number of fused-ring (bicyclic) bond motifs is 4. The predicted molar refractivity (Wildman–Crippen MR) is 96.8 cm³/mol. The number of benzene rings is 1. The number of esters is 1. The van der Waals surface area contributed by atoms with E-state index in [0.717, 1.165) is 29.7 Å². The van der Waals surface area contributed by atoms with Gasteiger partial charge < -0.3 is 19.6 Å². The number of methoxy groups -OCH3 is 1. The summed E-state index contributed by atoms with van der Waals surface area (Å²) in [7, 11) is 1.38. The average molecular weight is 366 g/mol. The van der Waals surface area contributed by atoms with Crippen LogP contribution in [0.25, 0.3) is 0 Å². The van der Waals surface area contributed by atoms with E-state index in [1.807, 2.05) is 31.2 Å². The van der Waals surface area contributed by atoms with E-state index in [4.69, 9.17) is 9.47 Å². The van der Waals surface area contributed by atoms with Gasteiger partial charge in [0.25, 0.3) is 0 Å². The van der Waals surface area contributed by atoms with E-state index in [-0.39, 0.29) is 18.2 Å². The lowest BCUT2D eigenvalue weighted by atomic mass is 9.42. The fourth-order valence-corrected chi connectivity index (χ4v) is 7.14. The minimum Gasteiger partial charge on any atom is -0.468 e. The quantitative estimate of drug-likeness (QED) is 0.373. The molecule has 6 atom stereocenters. The Balaban J connectivity index is 1.75. The SMILES string of the molecule is C/C=C1\CN2C3C[C@@H]1[C@@](C=O)(C(=O)OC)[C@@]14C[C@@H]2O[C@@]31Nc1ccccc14. The number of ether oxygens (including phenoxy) is 2. The topological polar surface area (TPSA) is 67.9 Å². The normalized spacial score (nSPS) is 46.9. The highest BCUT2D eigenvalue weighted by Crippen LogP contribution is 2.75. The maximum atomic E-state index is 13.4. The van der Waals surface area contributed by atoms with Crippen LogP contribution in [0.15, 0.2) is 35.9 Å². The summed E-state index contributed by atoms with van der Waals surface area (Å²) in [5.74, 6) is -0.611. The van der Waals surface area contributed by atoms with Crippen molar-refractivity contribution in [2.45, 2.75) is 43.2 Å². The van der Waals surface area contributed by atoms with Crippen LogP contribution in [0.1, 0.15) is 25.3 Å². The molecule has 140 valence electrons. The second-order valence-corrected chi connectivity index (χ2v) is 8.41. The molecule has 6 rings (SSSR count). The van der Waals surface area contributed by atoms with Crippen molar-refractivity contribution in [1.82, 2.24) is 4.90 Å². The van der Waals surface area contributed by atoms with Crippen molar-refractivity contribution in [3.05, 3.63) is 41.5 Å². The molecule has 3 saturated heterocycles. The summed E-state index contributed by atoms with van der Waals surface area (Å²) >= 11 is 0. The molecule has 4 heterocycles. The minimum atomic E-state index is -1.29. The molecule has 27 heavy (non-hydrogen) atoms. The number of para-hydroxylation sites is 1. The van der Waals surface area contributed by atoms with E-state index in [0.29, 0.717) is 12.8 Å². The molecule has 6 heteroatoms. The van der Waals surface area contributed by atoms with Gasteiger partial charge in [0.2, 0.25) is 0 Å². The highest BCUT2D eigenvalue weighted by Gasteiger charge is 2.87. The predicted octanol–water partition coefficient (Wildman–Crippen LogP) is 1.81. The third-order valence-electron chi connectivity index (χ3n) is 7.99. The largest absolute Gasteiger partial charge is 0.468 e. The van der Waals surface area contributed by atoms with Crippen LogP contribution in [0.2, 0.25) is 0 Å². The summed E-state index contributed by atoms with van der Waals surface area (Å²) in [5, 5.41) is 3.63. The number of nitrogens with zero attached hydrogens (tertiary/aromatic N) is 1. The number of rotatable bonds is 2. The van der Waals surface area contributed by atoms with Gasteiger partial charge in [0.1, 0.15) is 17.9 Å². The van der Waals surface area contributed by atoms with Crippen LogP contribution in [0.3, 0.4) is 0 Å². The summed E-state index contributed by atoms with van der Waals surface area (Å²) in [6, 6.07) is 8.15. The van der Waals surface area contributed by atoms with E-state index in [2.05, 4.69) is 16.3 Å². The second kappa shape index (κ2) is 4.62. The van der Waals surface area contributed by atoms with E-state index >= 15 is 0 Å². The molecule has 0 amide bonds. The Hall–Kier alpha value is -2.18. The molecule has 1 spiro atoms. The molecule has 4 aliphatic heterocycles. The number of hydrogen-bond acceptors (Lipinski definition) is 6. The number of piperidine rings is 2. The Morgan fingerprint density at radius 3 is 2.96 bits per heavy atom. The van der Waals surface area contributed by atoms with Gasteiger partial charge >= 0.3 is 5.97 Å². The van der Waals surface area contributed by atoms with Gasteiger partial charge in [0.15, 0.2) is 5.72 Å². The van der Waals surface area contributed by atoms with Gasteiger partial charge in [-0.3, -0.25) is 9.69 Å². The van der Waals surface area contributed by atoms with Crippen molar-refractivity contribution < 1.29 is 19.1 Å². The van der Waals surface area contributed by atoms with Gasteiger partial charge in [-0.25, -0.2) is 0 Å². The van der Waals surface area contributed by atoms with E-state index in [1.54, 1.807) is 0 Å². The molecular formula is C21H22N2O4. The number of aldehydes is 1. The van der Waals surface area contributed by atoms with Gasteiger partial charge in [-0.2, -0.15) is 0 Å². The molecular weight excluding hydrogens is 344 g/mol. The zero-order valence-corrected chi connectivity index (χ0v) is 15.4.